The SMILES string of the molecule is Br[Si]1C[Si](Br)C[Si](Br)(Br)C1. The lowest BCUT2D eigenvalue weighted by molar-refractivity contribution is 1.67. The fourth-order valence-electron chi connectivity index (χ4n) is 0.957. The molecule has 1 saturated heterocycles. The number of hydrogen-bond donors (Lipinski definition) is 0. The van der Waals surface area contributed by atoms with E-state index in [-0.39, 0.29) is 14.8 Å². The second-order valence-corrected chi connectivity index (χ2v) is 29.5. The maximum atomic E-state index is 3.82. The van der Waals surface area contributed by atoms with E-state index in [9.17, 15) is 0 Å². The van der Waals surface area contributed by atoms with Crippen LogP contribution in [0.4, 0.5) is 0 Å². The monoisotopic (exact) mass is 442 g/mol. The first-order valence-electron chi connectivity index (χ1n) is 2.88. The third-order valence-electron chi connectivity index (χ3n) is 1.28. The van der Waals surface area contributed by atoms with Crippen molar-refractivity contribution >= 4 is 81.3 Å². The first kappa shape index (κ1) is 10.7. The quantitative estimate of drug-likeness (QED) is 0.394. The molecule has 0 atom stereocenters. The summed E-state index contributed by atoms with van der Waals surface area (Å²) in [7, 11) is -0.339. The molecule has 0 unspecified atom stereocenters. The van der Waals surface area contributed by atoms with Crippen LogP contribution in [0.2, 0.25) is 17.0 Å². The highest BCUT2D eigenvalue weighted by Crippen LogP contribution is 2.40. The molecule has 1 heterocycles. The summed E-state index contributed by atoms with van der Waals surface area (Å²) < 4.78 is 0. The average molecular weight is 446 g/mol. The highest BCUT2D eigenvalue weighted by Gasteiger charge is 2.39. The molecule has 1 rings (SSSR count). The number of hydrogen-bond acceptors (Lipinski definition) is 0. The Hall–Kier alpha value is 2.57. The van der Waals surface area contributed by atoms with Crippen LogP contribution in [0.5, 0.6) is 0 Å². The molecule has 0 aliphatic carbocycles. The lowest BCUT2D eigenvalue weighted by Gasteiger charge is -2.28. The van der Waals surface area contributed by atoms with E-state index >= 15 is 0 Å². The van der Waals surface area contributed by atoms with E-state index in [4.69, 9.17) is 0 Å². The Morgan fingerprint density at radius 2 is 1.40 bits per heavy atom. The van der Waals surface area contributed by atoms with Gasteiger partial charge >= 0.3 is 0 Å². The van der Waals surface area contributed by atoms with Crippen LogP contribution >= 0.6 is 61.2 Å². The van der Waals surface area contributed by atoms with Gasteiger partial charge in [0.1, 0.15) is 14.8 Å². The average Bonchev–Trinajstić information content (AvgIpc) is 1.54. The molecule has 0 aromatic carbocycles. The Morgan fingerprint density at radius 1 is 1.00 bits per heavy atom. The maximum absolute atomic E-state index is 3.82. The summed E-state index contributed by atoms with van der Waals surface area (Å²) in [5.74, 6) is 0. The minimum absolute atomic E-state index is 0.169. The highest BCUT2D eigenvalue weighted by atomic mass is 79.9. The highest BCUT2D eigenvalue weighted by molar-refractivity contribution is 9.51. The van der Waals surface area contributed by atoms with Crippen LogP contribution in [0.15, 0.2) is 0 Å². The van der Waals surface area contributed by atoms with Crippen molar-refractivity contribution in [1.82, 2.24) is 0 Å². The Balaban J connectivity index is 2.51. The first-order valence-corrected chi connectivity index (χ1v) is 18.1. The van der Waals surface area contributed by atoms with Crippen molar-refractivity contribution in [3.8, 4) is 0 Å². The van der Waals surface area contributed by atoms with Crippen molar-refractivity contribution in [3.63, 3.8) is 0 Å². The molecule has 1 aliphatic heterocycles. The van der Waals surface area contributed by atoms with Gasteiger partial charge in [-0.2, -0.15) is 0 Å². The van der Waals surface area contributed by atoms with Gasteiger partial charge in [0.15, 0.2) is 5.31 Å². The molecule has 0 bridgehead atoms. The Bertz CT molecular complexity index is 117. The van der Waals surface area contributed by atoms with Gasteiger partial charge in [0.2, 0.25) is 0 Å². The van der Waals surface area contributed by atoms with Gasteiger partial charge in [0.25, 0.3) is 0 Å². The smallest absolute Gasteiger partial charge is 0.129 e. The van der Waals surface area contributed by atoms with E-state index < -0.39 is 5.31 Å². The zero-order chi connectivity index (χ0) is 7.78. The van der Waals surface area contributed by atoms with Crippen molar-refractivity contribution in [2.75, 3.05) is 0 Å². The van der Waals surface area contributed by atoms with Gasteiger partial charge in [0, 0.05) is 0 Å². The van der Waals surface area contributed by atoms with Gasteiger partial charge in [-0.05, 0) is 17.0 Å². The topological polar surface area (TPSA) is 0 Å². The Morgan fingerprint density at radius 3 is 1.70 bits per heavy atom. The third kappa shape index (κ3) is 3.53. The Kier molecular flexibility index (Phi) is 4.46. The van der Waals surface area contributed by atoms with Crippen LogP contribution in [-0.4, -0.2) is 20.1 Å². The van der Waals surface area contributed by atoms with Gasteiger partial charge in [0.05, 0.1) is 0 Å². The molecule has 10 heavy (non-hydrogen) atoms. The molecule has 58 valence electrons. The number of halogens is 4. The van der Waals surface area contributed by atoms with Crippen molar-refractivity contribution < 1.29 is 0 Å². The van der Waals surface area contributed by atoms with Gasteiger partial charge in [-0.15, -0.1) is 61.2 Å². The number of rotatable bonds is 0. The zero-order valence-electron chi connectivity index (χ0n) is 5.13. The normalized spacial score (nSPS) is 28.8. The first-order chi connectivity index (χ1) is 4.49. The largest absolute Gasteiger partial charge is 0.197 e. The summed E-state index contributed by atoms with van der Waals surface area (Å²) in [6.07, 6.45) is 0. The molecule has 1 fully saturated rings. The van der Waals surface area contributed by atoms with Crippen LogP contribution < -0.4 is 0 Å². The molecule has 0 aromatic rings. The van der Waals surface area contributed by atoms with Crippen molar-refractivity contribution in [3.05, 3.63) is 0 Å². The standard InChI is InChI=1S/C3H6Br4Si3/c4-8-1-9(5)3-10(6,7)2-8/h1-3H2. The van der Waals surface area contributed by atoms with Gasteiger partial charge in [-0.3, -0.25) is 0 Å². The van der Waals surface area contributed by atoms with E-state index in [1.165, 1.54) is 17.0 Å². The summed E-state index contributed by atoms with van der Waals surface area (Å²) in [5, 5.41) is -1.09. The lowest BCUT2D eigenvalue weighted by atomic mass is 11.8. The minimum atomic E-state index is -1.09. The predicted molar refractivity (Wildman–Crippen MR) is 67.4 cm³/mol. The van der Waals surface area contributed by atoms with E-state index in [1.54, 1.807) is 0 Å². The van der Waals surface area contributed by atoms with Crippen molar-refractivity contribution in [2.45, 2.75) is 17.0 Å². The molecule has 0 N–H and O–H groups in total. The van der Waals surface area contributed by atoms with Gasteiger partial charge < -0.3 is 0 Å². The Labute approximate surface area is 97.1 Å². The second-order valence-electron chi connectivity index (χ2n) is 2.42. The maximum Gasteiger partial charge on any atom is 0.197 e. The second kappa shape index (κ2) is 4.19. The van der Waals surface area contributed by atoms with Gasteiger partial charge in [-0.1, -0.05) is 0 Å². The summed E-state index contributed by atoms with van der Waals surface area (Å²) in [6, 6.07) is 0. The van der Waals surface area contributed by atoms with Crippen LogP contribution in [-0.2, 0) is 0 Å². The summed E-state index contributed by atoms with van der Waals surface area (Å²) in [5.41, 5.74) is 4.29. The molecule has 7 heteroatoms. The van der Waals surface area contributed by atoms with E-state index in [0.29, 0.717) is 0 Å². The lowest BCUT2D eigenvalue weighted by Crippen LogP contribution is -2.36. The summed E-state index contributed by atoms with van der Waals surface area (Å²) >= 11 is 15.2. The van der Waals surface area contributed by atoms with Crippen LogP contribution in [0.1, 0.15) is 0 Å². The molecule has 0 nitrogen and oxygen atoms in total. The molecule has 0 spiro atoms. The van der Waals surface area contributed by atoms with E-state index in [0.717, 1.165) is 0 Å². The van der Waals surface area contributed by atoms with E-state index in [2.05, 4.69) is 61.2 Å². The van der Waals surface area contributed by atoms with E-state index in [1.807, 2.05) is 0 Å². The molecule has 0 aromatic heterocycles. The van der Waals surface area contributed by atoms with Crippen molar-refractivity contribution in [1.29, 1.82) is 0 Å². The zero-order valence-corrected chi connectivity index (χ0v) is 14.5. The van der Waals surface area contributed by atoms with Gasteiger partial charge in [-0.25, -0.2) is 0 Å². The fourth-order valence-corrected chi connectivity index (χ4v) is 55.8. The third-order valence-corrected chi connectivity index (χ3v) is 31.7. The predicted octanol–water partition coefficient (Wildman–Crippen LogP) is 3.62. The molecule has 0 saturated carbocycles. The fraction of sp³-hybridized carbons (Fsp3) is 1.00. The summed E-state index contributed by atoms with van der Waals surface area (Å²) in [4.78, 5) is 0. The molecule has 0 amide bonds. The summed E-state index contributed by atoms with van der Waals surface area (Å²) in [6.45, 7) is 0. The van der Waals surface area contributed by atoms with Crippen LogP contribution in [0.25, 0.3) is 0 Å². The minimum Gasteiger partial charge on any atom is -0.129 e. The van der Waals surface area contributed by atoms with Crippen LogP contribution in [0, 0.1) is 0 Å². The van der Waals surface area contributed by atoms with Crippen LogP contribution in [0.3, 0.4) is 0 Å². The molecule has 2 radical (unpaired) electrons. The van der Waals surface area contributed by atoms with Crippen molar-refractivity contribution in [2.24, 2.45) is 0 Å². The molecular formula is C3H6Br4Si3. The molecule has 1 aliphatic rings. The molecular weight excluding hydrogens is 440 g/mol.